The Morgan fingerprint density at radius 3 is 2.75 bits per heavy atom. The zero-order chi connectivity index (χ0) is 13.4. The summed E-state index contributed by atoms with van der Waals surface area (Å²) in [4.78, 5) is 19.1. The smallest absolute Gasteiger partial charge is 0.190 e. The summed E-state index contributed by atoms with van der Waals surface area (Å²) >= 11 is 3.00. The molecule has 0 unspecified atom stereocenters. The van der Waals surface area contributed by atoms with E-state index in [1.807, 2.05) is 0 Å². The van der Waals surface area contributed by atoms with Gasteiger partial charge in [-0.1, -0.05) is 22.7 Å². The van der Waals surface area contributed by atoms with E-state index in [0.29, 0.717) is 0 Å². The summed E-state index contributed by atoms with van der Waals surface area (Å²) in [6.07, 6.45) is 8.48. The van der Waals surface area contributed by atoms with Crippen LogP contribution in [-0.4, -0.2) is 30.1 Å². The van der Waals surface area contributed by atoms with Crippen LogP contribution >= 0.6 is 22.7 Å². The molecule has 0 fully saturated rings. The maximum atomic E-state index is 4.54. The Bertz CT molecular complexity index is 803. The second kappa shape index (κ2) is 4.62. The summed E-state index contributed by atoms with van der Waals surface area (Å²) in [6, 6.07) is 0. The molecule has 0 atom stereocenters. The van der Waals surface area contributed by atoms with Crippen molar-refractivity contribution in [2.75, 3.05) is 5.32 Å². The van der Waals surface area contributed by atoms with Gasteiger partial charge in [0, 0.05) is 18.6 Å². The van der Waals surface area contributed by atoms with Gasteiger partial charge in [-0.2, -0.15) is 5.10 Å². The van der Waals surface area contributed by atoms with Crippen molar-refractivity contribution >= 4 is 43.2 Å². The Hall–Kier alpha value is -2.39. The SMILES string of the molecule is c1cnc(-c2nc3sc(Nc4cn[nH]c4)nc3s2)cn1. The van der Waals surface area contributed by atoms with Gasteiger partial charge >= 0.3 is 0 Å². The molecule has 20 heavy (non-hydrogen) atoms. The molecule has 0 aliphatic carbocycles. The van der Waals surface area contributed by atoms with Crippen LogP contribution in [0.15, 0.2) is 31.0 Å². The molecule has 9 heteroatoms. The van der Waals surface area contributed by atoms with Crippen molar-refractivity contribution in [1.82, 2.24) is 30.1 Å². The zero-order valence-electron chi connectivity index (χ0n) is 9.94. The topological polar surface area (TPSA) is 92.3 Å². The largest absolute Gasteiger partial charge is 0.329 e. The van der Waals surface area contributed by atoms with Crippen LogP contribution in [0.4, 0.5) is 10.8 Å². The highest BCUT2D eigenvalue weighted by Gasteiger charge is 2.12. The predicted octanol–water partition coefficient (Wildman–Crippen LogP) is 2.68. The molecule has 0 amide bonds. The fourth-order valence-corrected chi connectivity index (χ4v) is 3.58. The molecular formula is C11H7N7S2. The van der Waals surface area contributed by atoms with Gasteiger partial charge in [-0.15, -0.1) is 0 Å². The van der Waals surface area contributed by atoms with Crippen LogP contribution in [0.1, 0.15) is 0 Å². The van der Waals surface area contributed by atoms with Crippen molar-refractivity contribution < 1.29 is 0 Å². The lowest BCUT2D eigenvalue weighted by molar-refractivity contribution is 1.09. The van der Waals surface area contributed by atoms with Crippen LogP contribution in [0.25, 0.3) is 20.4 Å². The third-order valence-electron chi connectivity index (χ3n) is 2.51. The second-order valence-electron chi connectivity index (χ2n) is 3.85. The predicted molar refractivity (Wildman–Crippen MR) is 78.2 cm³/mol. The van der Waals surface area contributed by atoms with Crippen molar-refractivity contribution in [3.05, 3.63) is 31.0 Å². The number of H-pyrrole nitrogens is 1. The van der Waals surface area contributed by atoms with Gasteiger partial charge in [-0.3, -0.25) is 15.1 Å². The van der Waals surface area contributed by atoms with E-state index < -0.39 is 0 Å². The fourth-order valence-electron chi connectivity index (χ4n) is 1.66. The summed E-state index contributed by atoms with van der Waals surface area (Å²) in [7, 11) is 0. The molecule has 4 aromatic heterocycles. The summed E-state index contributed by atoms with van der Waals surface area (Å²) in [5, 5.41) is 11.4. The quantitative estimate of drug-likeness (QED) is 0.604. The lowest BCUT2D eigenvalue weighted by Crippen LogP contribution is -1.85. The third kappa shape index (κ3) is 2.02. The van der Waals surface area contributed by atoms with Gasteiger partial charge in [0.05, 0.1) is 18.1 Å². The number of thiazole rings is 2. The van der Waals surface area contributed by atoms with Crippen LogP contribution in [0, 0.1) is 0 Å². The van der Waals surface area contributed by atoms with Crippen molar-refractivity contribution in [3.63, 3.8) is 0 Å². The van der Waals surface area contributed by atoms with E-state index in [-0.39, 0.29) is 0 Å². The Morgan fingerprint density at radius 2 is 2.00 bits per heavy atom. The van der Waals surface area contributed by atoms with E-state index in [1.165, 1.54) is 22.7 Å². The van der Waals surface area contributed by atoms with E-state index in [4.69, 9.17) is 0 Å². The van der Waals surface area contributed by atoms with E-state index in [2.05, 4.69) is 35.5 Å². The lowest BCUT2D eigenvalue weighted by atomic mass is 10.5. The number of fused-ring (bicyclic) bond motifs is 1. The van der Waals surface area contributed by atoms with Gasteiger partial charge < -0.3 is 5.32 Å². The highest BCUT2D eigenvalue weighted by molar-refractivity contribution is 7.29. The number of nitrogens with zero attached hydrogens (tertiary/aromatic N) is 5. The first-order valence-corrected chi connectivity index (χ1v) is 7.31. The molecule has 0 aromatic carbocycles. The Labute approximate surface area is 120 Å². The normalized spacial score (nSPS) is 11.0. The number of aromatic amines is 1. The molecule has 0 radical (unpaired) electrons. The van der Waals surface area contributed by atoms with E-state index >= 15 is 0 Å². The summed E-state index contributed by atoms with van der Waals surface area (Å²) < 4.78 is 0. The highest BCUT2D eigenvalue weighted by Crippen LogP contribution is 2.34. The van der Waals surface area contributed by atoms with E-state index in [9.17, 15) is 0 Å². The highest BCUT2D eigenvalue weighted by atomic mass is 32.1. The number of hydrogen-bond acceptors (Lipinski definition) is 8. The number of nitrogens with one attached hydrogen (secondary N) is 2. The van der Waals surface area contributed by atoms with Gasteiger partial charge in [-0.25, -0.2) is 9.97 Å². The molecular weight excluding hydrogens is 294 g/mol. The van der Waals surface area contributed by atoms with E-state index in [0.717, 1.165) is 31.2 Å². The first-order valence-electron chi connectivity index (χ1n) is 5.68. The fraction of sp³-hybridized carbons (Fsp3) is 0. The molecule has 2 N–H and O–H groups in total. The average molecular weight is 301 g/mol. The lowest BCUT2D eigenvalue weighted by Gasteiger charge is -1.95. The first kappa shape index (κ1) is 11.4. The van der Waals surface area contributed by atoms with Gasteiger partial charge in [-0.05, 0) is 0 Å². The van der Waals surface area contributed by atoms with E-state index in [1.54, 1.807) is 31.0 Å². The zero-order valence-corrected chi connectivity index (χ0v) is 11.6. The molecule has 4 heterocycles. The van der Waals surface area contributed by atoms with Gasteiger partial charge in [0.1, 0.15) is 10.7 Å². The Kier molecular flexibility index (Phi) is 2.64. The minimum atomic E-state index is 0.770. The molecule has 4 rings (SSSR count). The standard InChI is InChI=1S/C11H7N7S2/c1-2-13-7(5-12-1)8-17-9-10(19-8)18-11(20-9)16-6-3-14-15-4-6/h1-5H,(H,14,15)(H,16,18). The van der Waals surface area contributed by atoms with Crippen molar-refractivity contribution in [2.45, 2.75) is 0 Å². The van der Waals surface area contributed by atoms with Crippen LogP contribution in [0.3, 0.4) is 0 Å². The Morgan fingerprint density at radius 1 is 1.05 bits per heavy atom. The maximum absolute atomic E-state index is 4.54. The van der Waals surface area contributed by atoms with Crippen LogP contribution in [-0.2, 0) is 0 Å². The molecule has 0 aliphatic rings. The molecule has 0 spiro atoms. The molecule has 0 saturated heterocycles. The molecule has 0 bridgehead atoms. The van der Waals surface area contributed by atoms with Crippen LogP contribution < -0.4 is 5.32 Å². The monoisotopic (exact) mass is 301 g/mol. The number of anilines is 2. The molecule has 0 saturated carbocycles. The summed E-state index contributed by atoms with van der Waals surface area (Å²) in [5.74, 6) is 0. The van der Waals surface area contributed by atoms with Crippen LogP contribution in [0.2, 0.25) is 0 Å². The number of aromatic nitrogens is 6. The van der Waals surface area contributed by atoms with Gasteiger partial charge in [0.15, 0.2) is 14.8 Å². The average Bonchev–Trinajstić information content (AvgIpc) is 3.16. The third-order valence-corrected chi connectivity index (χ3v) is 4.47. The van der Waals surface area contributed by atoms with Crippen molar-refractivity contribution in [1.29, 1.82) is 0 Å². The summed E-state index contributed by atoms with van der Waals surface area (Å²) in [6.45, 7) is 0. The summed E-state index contributed by atoms with van der Waals surface area (Å²) in [5.41, 5.74) is 1.65. The molecule has 0 aliphatic heterocycles. The Balaban J connectivity index is 1.67. The minimum absolute atomic E-state index is 0.770. The molecule has 4 aromatic rings. The number of hydrogen-bond donors (Lipinski definition) is 2. The molecule has 7 nitrogen and oxygen atoms in total. The number of rotatable bonds is 3. The second-order valence-corrected chi connectivity index (χ2v) is 5.81. The van der Waals surface area contributed by atoms with Crippen molar-refractivity contribution in [2.24, 2.45) is 0 Å². The van der Waals surface area contributed by atoms with Crippen LogP contribution in [0.5, 0.6) is 0 Å². The van der Waals surface area contributed by atoms with Gasteiger partial charge in [0.25, 0.3) is 0 Å². The minimum Gasteiger partial charge on any atom is -0.329 e. The molecule has 98 valence electrons. The first-order chi connectivity index (χ1) is 9.88. The van der Waals surface area contributed by atoms with Crippen molar-refractivity contribution in [3.8, 4) is 10.7 Å². The van der Waals surface area contributed by atoms with Gasteiger partial charge in [0.2, 0.25) is 0 Å². The maximum Gasteiger partial charge on any atom is 0.190 e.